The minimum Gasteiger partial charge on any atom is -0.459 e. The molecule has 5 aromatic rings. The van der Waals surface area contributed by atoms with Crippen LogP contribution in [0.3, 0.4) is 0 Å². The lowest BCUT2D eigenvalue weighted by Gasteiger charge is -2.21. The predicted molar refractivity (Wildman–Crippen MR) is 175 cm³/mol. The third-order valence-electron chi connectivity index (χ3n) is 6.60. The van der Waals surface area contributed by atoms with E-state index in [9.17, 15) is 18.0 Å². The largest absolute Gasteiger partial charge is 0.459 e. The Morgan fingerprint density at radius 3 is 2.20 bits per heavy atom. The molecule has 0 aliphatic carbocycles. The van der Waals surface area contributed by atoms with Crippen LogP contribution < -0.4 is 15.5 Å². The first-order valence-corrected chi connectivity index (χ1v) is 15.8. The van der Waals surface area contributed by atoms with Crippen molar-refractivity contribution in [2.24, 2.45) is 5.10 Å². The van der Waals surface area contributed by atoms with Gasteiger partial charge in [-0.2, -0.15) is 9.41 Å². The first kappa shape index (κ1) is 32.2. The van der Waals surface area contributed by atoms with Crippen molar-refractivity contribution in [2.45, 2.75) is 24.9 Å². The Hall–Kier alpha value is -5.23. The summed E-state index contributed by atoms with van der Waals surface area (Å²) in [7, 11) is -3.92. The molecule has 0 fully saturated rings. The predicted octanol–water partition coefficient (Wildman–Crippen LogP) is 6.51. The van der Waals surface area contributed by atoms with Crippen molar-refractivity contribution in [3.8, 4) is 11.5 Å². The maximum Gasteiger partial charge on any atom is 0.329 e. The molecule has 5 rings (SSSR count). The van der Waals surface area contributed by atoms with Crippen LogP contribution in [0, 0.1) is 6.92 Å². The first-order chi connectivity index (χ1) is 22.2. The summed E-state index contributed by atoms with van der Waals surface area (Å²) in [6.45, 7) is 1.98. The molecule has 234 valence electrons. The molecule has 12 heteroatoms. The van der Waals surface area contributed by atoms with Gasteiger partial charge in [-0.05, 0) is 85.3 Å². The number of rotatable bonds is 11. The Labute approximate surface area is 271 Å². The van der Waals surface area contributed by atoms with Crippen molar-refractivity contribution in [3.63, 3.8) is 0 Å². The number of benzene rings is 4. The summed E-state index contributed by atoms with van der Waals surface area (Å²) in [5.41, 5.74) is 4.40. The Morgan fingerprint density at radius 1 is 0.826 bits per heavy atom. The summed E-state index contributed by atoms with van der Waals surface area (Å²) in [5, 5.41) is 6.70. The molecule has 1 aromatic heterocycles. The van der Waals surface area contributed by atoms with Crippen LogP contribution in [-0.4, -0.2) is 30.8 Å². The van der Waals surface area contributed by atoms with E-state index >= 15 is 0 Å². The van der Waals surface area contributed by atoms with E-state index in [2.05, 4.69) is 15.8 Å². The number of hydrogen-bond donors (Lipinski definition) is 2. The van der Waals surface area contributed by atoms with Crippen LogP contribution in [0.1, 0.15) is 22.6 Å². The van der Waals surface area contributed by atoms with Gasteiger partial charge in [-0.15, -0.1) is 0 Å². The number of sulfonamides is 1. The Kier molecular flexibility index (Phi) is 10.3. The lowest BCUT2D eigenvalue weighted by atomic mass is 10.1. The fraction of sp³-hybridized carbons (Fsp3) is 0.0882. The van der Waals surface area contributed by atoms with Gasteiger partial charge in [0.25, 0.3) is 0 Å². The number of hydrazone groups is 1. The number of carbonyl (C=O) groups is 2. The smallest absolute Gasteiger partial charge is 0.329 e. The highest BCUT2D eigenvalue weighted by atomic mass is 35.5. The van der Waals surface area contributed by atoms with Gasteiger partial charge in [-0.25, -0.2) is 13.8 Å². The van der Waals surface area contributed by atoms with Crippen LogP contribution in [0.5, 0.6) is 11.5 Å². The number of para-hydroxylation sites is 1. The maximum atomic E-state index is 13.6. The van der Waals surface area contributed by atoms with E-state index < -0.39 is 21.8 Å². The van der Waals surface area contributed by atoms with Crippen molar-refractivity contribution < 1.29 is 27.2 Å². The molecule has 0 radical (unpaired) electrons. The minimum atomic E-state index is -3.92. The van der Waals surface area contributed by atoms with E-state index in [1.807, 2.05) is 61.5 Å². The highest BCUT2D eigenvalue weighted by Crippen LogP contribution is 2.24. The fourth-order valence-electron chi connectivity index (χ4n) is 4.23. The van der Waals surface area contributed by atoms with Gasteiger partial charge >= 0.3 is 11.8 Å². The third-order valence-corrected chi connectivity index (χ3v) is 8.66. The summed E-state index contributed by atoms with van der Waals surface area (Å²) in [5.74, 6) is -0.0995. The van der Waals surface area contributed by atoms with E-state index in [1.54, 1.807) is 36.4 Å². The van der Waals surface area contributed by atoms with Crippen molar-refractivity contribution in [1.82, 2.24) is 9.73 Å². The molecule has 1 heterocycles. The lowest BCUT2D eigenvalue weighted by Crippen LogP contribution is -2.32. The highest BCUT2D eigenvalue weighted by molar-refractivity contribution is 7.89. The van der Waals surface area contributed by atoms with E-state index in [0.29, 0.717) is 28.0 Å². The molecule has 0 aliphatic heterocycles. The molecular weight excluding hydrogens is 628 g/mol. The van der Waals surface area contributed by atoms with Gasteiger partial charge in [0.2, 0.25) is 10.0 Å². The number of ether oxygens (including phenoxy) is 1. The Morgan fingerprint density at radius 2 is 1.50 bits per heavy atom. The van der Waals surface area contributed by atoms with Crippen LogP contribution in [-0.2, 0) is 32.7 Å². The summed E-state index contributed by atoms with van der Waals surface area (Å²) in [4.78, 5) is 24.7. The molecule has 0 aliphatic rings. The van der Waals surface area contributed by atoms with E-state index in [0.717, 1.165) is 11.1 Å². The fourth-order valence-corrected chi connectivity index (χ4v) is 5.75. The zero-order valence-electron chi connectivity index (χ0n) is 24.6. The average molecular weight is 657 g/mol. The number of nitrogens with one attached hydrogen (secondary N) is 2. The van der Waals surface area contributed by atoms with E-state index in [4.69, 9.17) is 20.8 Å². The van der Waals surface area contributed by atoms with Gasteiger partial charge in [0.1, 0.15) is 23.0 Å². The highest BCUT2D eigenvalue weighted by Gasteiger charge is 2.26. The monoisotopic (exact) mass is 656 g/mol. The van der Waals surface area contributed by atoms with Gasteiger partial charge in [-0.1, -0.05) is 59.6 Å². The summed E-state index contributed by atoms with van der Waals surface area (Å²) in [6.07, 6.45) is 1.21. The molecule has 2 amide bonds. The molecule has 0 unspecified atom stereocenters. The molecule has 0 spiro atoms. The Balaban J connectivity index is 1.19. The second-order valence-electron chi connectivity index (χ2n) is 10.1. The van der Waals surface area contributed by atoms with E-state index in [-0.39, 0.29) is 23.7 Å². The van der Waals surface area contributed by atoms with Crippen LogP contribution in [0.2, 0.25) is 5.02 Å². The molecule has 0 bridgehead atoms. The lowest BCUT2D eigenvalue weighted by molar-refractivity contribution is -0.136. The van der Waals surface area contributed by atoms with E-state index in [1.165, 1.54) is 34.8 Å². The number of amides is 2. The molecule has 4 aromatic carbocycles. The standard InChI is InChI=1S/C34H29ClN4O6S/c1-24-7-9-25(10-8-24)22-39(46(42,43)32-19-11-26(35)12-20-32)23-31-18-17-30(45-31)21-36-38-34(41)33(40)37-27-13-15-29(16-14-27)44-28-5-3-2-4-6-28/h2-21H,22-23H2,1H3,(H,37,40)(H,38,41)/b36-21+. The number of aryl methyl sites for hydroxylation is 1. The molecule has 10 nitrogen and oxygen atoms in total. The van der Waals surface area contributed by atoms with Crippen molar-refractivity contribution in [3.05, 3.63) is 143 Å². The quantitative estimate of drug-likeness (QED) is 0.0947. The van der Waals surface area contributed by atoms with Crippen LogP contribution in [0.15, 0.2) is 130 Å². The number of furan rings is 1. The second-order valence-corrected chi connectivity index (χ2v) is 12.5. The SMILES string of the molecule is Cc1ccc(CN(Cc2ccc(/C=N/NC(=O)C(=O)Nc3ccc(Oc4ccccc4)cc3)o2)S(=O)(=O)c2ccc(Cl)cc2)cc1. The van der Waals surface area contributed by atoms with Gasteiger partial charge < -0.3 is 14.5 Å². The van der Waals surface area contributed by atoms with Crippen molar-refractivity contribution in [1.29, 1.82) is 0 Å². The molecule has 46 heavy (non-hydrogen) atoms. The van der Waals surface area contributed by atoms with Crippen molar-refractivity contribution >= 4 is 45.3 Å². The normalized spacial score (nSPS) is 11.5. The van der Waals surface area contributed by atoms with Gasteiger partial charge in [-0.3, -0.25) is 9.59 Å². The first-order valence-electron chi connectivity index (χ1n) is 14.0. The van der Waals surface area contributed by atoms with Crippen LogP contribution in [0.25, 0.3) is 0 Å². The molecular formula is C34H29ClN4O6S. The maximum absolute atomic E-state index is 13.6. The summed E-state index contributed by atoms with van der Waals surface area (Å²) in [6, 6.07) is 32.5. The minimum absolute atomic E-state index is 0.0728. The van der Waals surface area contributed by atoms with Crippen LogP contribution in [0.4, 0.5) is 5.69 Å². The zero-order valence-corrected chi connectivity index (χ0v) is 26.2. The number of nitrogens with zero attached hydrogens (tertiary/aromatic N) is 2. The third kappa shape index (κ3) is 8.69. The number of halogens is 1. The van der Waals surface area contributed by atoms with Crippen LogP contribution >= 0.6 is 11.6 Å². The Bertz CT molecular complexity index is 1930. The second kappa shape index (κ2) is 14.7. The average Bonchev–Trinajstić information content (AvgIpc) is 3.50. The van der Waals surface area contributed by atoms with Gasteiger partial charge in [0.05, 0.1) is 17.7 Å². The van der Waals surface area contributed by atoms with Gasteiger partial charge in [0, 0.05) is 17.3 Å². The topological polar surface area (TPSA) is 130 Å². The molecule has 0 saturated heterocycles. The summed E-state index contributed by atoms with van der Waals surface area (Å²) >= 11 is 5.97. The number of anilines is 1. The number of carbonyl (C=O) groups excluding carboxylic acids is 2. The molecule has 0 saturated carbocycles. The zero-order chi connectivity index (χ0) is 32.5. The molecule has 0 atom stereocenters. The summed E-state index contributed by atoms with van der Waals surface area (Å²) < 4.78 is 40.0. The number of hydrogen-bond acceptors (Lipinski definition) is 7. The van der Waals surface area contributed by atoms with Gasteiger partial charge in [0.15, 0.2) is 0 Å². The molecule has 2 N–H and O–H groups in total. The van der Waals surface area contributed by atoms with Crippen molar-refractivity contribution in [2.75, 3.05) is 5.32 Å².